The second-order valence-electron chi connectivity index (χ2n) is 3.42. The van der Waals surface area contributed by atoms with E-state index in [-0.39, 0.29) is 11.9 Å². The predicted octanol–water partition coefficient (Wildman–Crippen LogP) is 0.231. The molecule has 0 unspecified atom stereocenters. The molecule has 0 heterocycles. The SMILES string of the molecule is O=S(=O)(NCCCCCO)C1CC1. The number of rotatable bonds is 7. The van der Waals surface area contributed by atoms with Crippen molar-refractivity contribution < 1.29 is 13.5 Å². The third-order valence-electron chi connectivity index (χ3n) is 2.10. The molecule has 0 amide bonds. The number of unbranched alkanes of at least 4 members (excludes halogenated alkanes) is 2. The maximum Gasteiger partial charge on any atom is 0.214 e. The van der Waals surface area contributed by atoms with Crippen LogP contribution >= 0.6 is 0 Å². The van der Waals surface area contributed by atoms with Crippen molar-refractivity contribution in [2.75, 3.05) is 13.2 Å². The van der Waals surface area contributed by atoms with E-state index in [1.165, 1.54) is 0 Å². The van der Waals surface area contributed by atoms with E-state index in [0.717, 1.165) is 32.1 Å². The van der Waals surface area contributed by atoms with Crippen LogP contribution in [0.15, 0.2) is 0 Å². The van der Waals surface area contributed by atoms with E-state index < -0.39 is 10.0 Å². The molecule has 1 saturated carbocycles. The minimum atomic E-state index is -2.99. The number of sulfonamides is 1. The van der Waals surface area contributed by atoms with Crippen LogP contribution in [0.2, 0.25) is 0 Å². The molecule has 0 aliphatic heterocycles. The number of aliphatic hydroxyl groups is 1. The molecule has 1 aliphatic carbocycles. The van der Waals surface area contributed by atoms with Crippen LogP contribution in [0.1, 0.15) is 32.1 Å². The summed E-state index contributed by atoms with van der Waals surface area (Å²) in [7, 11) is -2.99. The smallest absolute Gasteiger partial charge is 0.214 e. The van der Waals surface area contributed by atoms with Crippen LogP contribution in [-0.4, -0.2) is 31.9 Å². The molecule has 0 aromatic heterocycles. The normalized spacial score (nSPS) is 17.6. The quantitative estimate of drug-likeness (QED) is 0.587. The fourth-order valence-corrected chi connectivity index (χ4v) is 2.55. The number of aliphatic hydroxyl groups excluding tert-OH is 1. The number of nitrogens with one attached hydrogen (secondary N) is 1. The van der Waals surface area contributed by atoms with Crippen molar-refractivity contribution in [1.82, 2.24) is 4.72 Å². The molecular formula is C8H17NO3S. The molecule has 1 aliphatic rings. The van der Waals surface area contributed by atoms with Crippen molar-refractivity contribution in [3.05, 3.63) is 0 Å². The Bertz CT molecular complexity index is 234. The lowest BCUT2D eigenvalue weighted by Crippen LogP contribution is -2.28. The molecule has 0 aromatic carbocycles. The maximum atomic E-state index is 11.3. The summed E-state index contributed by atoms with van der Waals surface area (Å²) in [6.07, 6.45) is 4.07. The lowest BCUT2D eigenvalue weighted by Gasteiger charge is -2.04. The fourth-order valence-electron chi connectivity index (χ4n) is 1.12. The van der Waals surface area contributed by atoms with Crippen LogP contribution in [0.25, 0.3) is 0 Å². The molecule has 1 rings (SSSR count). The zero-order valence-corrected chi connectivity index (χ0v) is 8.52. The molecular weight excluding hydrogens is 190 g/mol. The van der Waals surface area contributed by atoms with Gasteiger partial charge < -0.3 is 5.11 Å². The molecule has 5 heteroatoms. The summed E-state index contributed by atoms with van der Waals surface area (Å²) in [5.74, 6) is 0. The minimum absolute atomic E-state index is 0.120. The maximum absolute atomic E-state index is 11.3. The van der Waals surface area contributed by atoms with Gasteiger partial charge in [-0.15, -0.1) is 0 Å². The molecule has 0 radical (unpaired) electrons. The first-order valence-corrected chi connectivity index (χ1v) is 6.31. The summed E-state index contributed by atoms with van der Waals surface area (Å²) in [5, 5.41) is 8.36. The number of hydrogen-bond acceptors (Lipinski definition) is 3. The van der Waals surface area contributed by atoms with Crippen molar-refractivity contribution in [3.8, 4) is 0 Å². The van der Waals surface area contributed by atoms with E-state index in [1.807, 2.05) is 0 Å². The van der Waals surface area contributed by atoms with Crippen LogP contribution in [0.4, 0.5) is 0 Å². The molecule has 0 atom stereocenters. The Morgan fingerprint density at radius 2 is 1.92 bits per heavy atom. The highest BCUT2D eigenvalue weighted by Crippen LogP contribution is 2.27. The molecule has 2 N–H and O–H groups in total. The zero-order valence-electron chi connectivity index (χ0n) is 7.70. The van der Waals surface area contributed by atoms with E-state index in [4.69, 9.17) is 5.11 Å². The standard InChI is InChI=1S/C8H17NO3S/c10-7-3-1-2-6-9-13(11,12)8-4-5-8/h8-10H,1-7H2. The van der Waals surface area contributed by atoms with Gasteiger partial charge in [0.25, 0.3) is 0 Å². The van der Waals surface area contributed by atoms with Gasteiger partial charge in [0.2, 0.25) is 10.0 Å². The van der Waals surface area contributed by atoms with Crippen LogP contribution in [0.5, 0.6) is 0 Å². The summed E-state index contributed by atoms with van der Waals surface area (Å²) in [5.41, 5.74) is 0. The van der Waals surface area contributed by atoms with Crippen molar-refractivity contribution in [2.24, 2.45) is 0 Å². The van der Waals surface area contributed by atoms with Gasteiger partial charge >= 0.3 is 0 Å². The highest BCUT2D eigenvalue weighted by Gasteiger charge is 2.34. The summed E-state index contributed by atoms with van der Waals surface area (Å²) in [6.45, 7) is 0.703. The molecule has 0 spiro atoms. The average Bonchev–Trinajstić information content (AvgIpc) is 2.86. The van der Waals surface area contributed by atoms with Gasteiger partial charge in [-0.3, -0.25) is 0 Å². The molecule has 0 saturated heterocycles. The second-order valence-corrected chi connectivity index (χ2v) is 5.47. The monoisotopic (exact) mass is 207 g/mol. The van der Waals surface area contributed by atoms with Crippen LogP contribution in [0.3, 0.4) is 0 Å². The Kier molecular flexibility index (Phi) is 4.15. The van der Waals surface area contributed by atoms with Crippen LogP contribution < -0.4 is 4.72 Å². The van der Waals surface area contributed by atoms with Gasteiger partial charge in [0.1, 0.15) is 0 Å². The van der Waals surface area contributed by atoms with Gasteiger partial charge in [0, 0.05) is 13.2 Å². The first-order valence-electron chi connectivity index (χ1n) is 4.76. The van der Waals surface area contributed by atoms with Crippen LogP contribution in [-0.2, 0) is 10.0 Å². The molecule has 13 heavy (non-hydrogen) atoms. The lowest BCUT2D eigenvalue weighted by molar-refractivity contribution is 0.283. The summed E-state index contributed by atoms with van der Waals surface area (Å²) >= 11 is 0. The Balaban J connectivity index is 2.04. The number of hydrogen-bond donors (Lipinski definition) is 2. The van der Waals surface area contributed by atoms with E-state index in [9.17, 15) is 8.42 Å². The van der Waals surface area contributed by atoms with Gasteiger partial charge in [-0.1, -0.05) is 0 Å². The zero-order chi connectivity index (χ0) is 9.73. The highest BCUT2D eigenvalue weighted by atomic mass is 32.2. The van der Waals surface area contributed by atoms with Gasteiger partial charge in [-0.05, 0) is 32.1 Å². The largest absolute Gasteiger partial charge is 0.396 e. The van der Waals surface area contributed by atoms with Crippen molar-refractivity contribution in [1.29, 1.82) is 0 Å². The van der Waals surface area contributed by atoms with Gasteiger partial charge in [0.15, 0.2) is 0 Å². The first-order chi connectivity index (χ1) is 6.17. The lowest BCUT2D eigenvalue weighted by atomic mass is 10.2. The summed E-state index contributed by atoms with van der Waals surface area (Å²) in [6, 6.07) is 0. The third kappa shape index (κ3) is 4.06. The topological polar surface area (TPSA) is 66.4 Å². The Hall–Kier alpha value is -0.130. The van der Waals surface area contributed by atoms with Crippen molar-refractivity contribution in [2.45, 2.75) is 37.4 Å². The first kappa shape index (κ1) is 10.9. The molecule has 4 nitrogen and oxygen atoms in total. The van der Waals surface area contributed by atoms with Gasteiger partial charge in [-0.2, -0.15) is 0 Å². The van der Waals surface area contributed by atoms with E-state index in [2.05, 4.69) is 4.72 Å². The summed E-state index contributed by atoms with van der Waals surface area (Å²) in [4.78, 5) is 0. The van der Waals surface area contributed by atoms with E-state index in [1.54, 1.807) is 0 Å². The third-order valence-corrected chi connectivity index (χ3v) is 4.06. The Morgan fingerprint density at radius 3 is 2.46 bits per heavy atom. The van der Waals surface area contributed by atoms with Crippen molar-refractivity contribution in [3.63, 3.8) is 0 Å². The average molecular weight is 207 g/mol. The molecule has 0 aromatic rings. The van der Waals surface area contributed by atoms with Gasteiger partial charge in [-0.25, -0.2) is 13.1 Å². The van der Waals surface area contributed by atoms with E-state index >= 15 is 0 Å². The van der Waals surface area contributed by atoms with Gasteiger partial charge in [0.05, 0.1) is 5.25 Å². The summed E-state index contributed by atoms with van der Waals surface area (Å²) < 4.78 is 25.1. The molecule has 78 valence electrons. The fraction of sp³-hybridized carbons (Fsp3) is 1.00. The molecule has 0 bridgehead atoms. The van der Waals surface area contributed by atoms with Crippen molar-refractivity contribution >= 4 is 10.0 Å². The molecule has 1 fully saturated rings. The second kappa shape index (κ2) is 4.93. The Morgan fingerprint density at radius 1 is 1.23 bits per heavy atom. The van der Waals surface area contributed by atoms with E-state index in [0.29, 0.717) is 6.54 Å². The minimum Gasteiger partial charge on any atom is -0.396 e. The highest BCUT2D eigenvalue weighted by molar-refractivity contribution is 7.90. The van der Waals surface area contributed by atoms with Crippen LogP contribution in [0, 0.1) is 0 Å². The predicted molar refractivity (Wildman–Crippen MR) is 50.9 cm³/mol. The Labute approximate surface area is 79.4 Å².